The Bertz CT molecular complexity index is 388. The van der Waals surface area contributed by atoms with Crippen molar-refractivity contribution in [1.29, 1.82) is 0 Å². The normalized spacial score (nSPS) is 12.2. The fraction of sp³-hybridized carbons (Fsp3) is 0.538. The highest BCUT2D eigenvalue weighted by Crippen LogP contribution is 2.05. The van der Waals surface area contributed by atoms with Crippen LogP contribution in [-0.4, -0.2) is 24.4 Å². The average Bonchev–Trinajstić information content (AvgIpc) is 2.81. The van der Waals surface area contributed by atoms with Crippen molar-refractivity contribution in [2.24, 2.45) is 5.92 Å². The van der Waals surface area contributed by atoms with E-state index < -0.39 is 0 Å². The Morgan fingerprint density at radius 3 is 2.61 bits per heavy atom. The highest BCUT2D eigenvalue weighted by Gasteiger charge is 2.11. The van der Waals surface area contributed by atoms with Gasteiger partial charge in [-0.3, -0.25) is 9.59 Å². The summed E-state index contributed by atoms with van der Waals surface area (Å²) in [6.07, 6.45) is 0.312. The van der Waals surface area contributed by atoms with Crippen LogP contribution in [0.1, 0.15) is 37.6 Å². The van der Waals surface area contributed by atoms with E-state index in [1.807, 2.05) is 12.3 Å². The molecule has 1 rings (SSSR count). The van der Waals surface area contributed by atoms with Crippen LogP contribution in [0.5, 0.6) is 0 Å². The van der Waals surface area contributed by atoms with Gasteiger partial charge in [-0.1, -0.05) is 13.8 Å². The second-order valence-corrected chi connectivity index (χ2v) is 5.40. The number of carbonyl (C=O) groups excluding carboxylic acids is 2. The molecule has 100 valence electrons. The highest BCUT2D eigenvalue weighted by molar-refractivity contribution is 7.08. The maximum absolute atomic E-state index is 11.6. The number of nitrogens with one attached hydrogen (secondary N) is 2. The summed E-state index contributed by atoms with van der Waals surface area (Å²) < 4.78 is 0. The van der Waals surface area contributed by atoms with Gasteiger partial charge in [-0.15, -0.1) is 0 Å². The number of thiophene rings is 1. The number of hydrogen-bond donors (Lipinski definition) is 2. The van der Waals surface area contributed by atoms with Crippen LogP contribution < -0.4 is 10.6 Å². The second-order valence-electron chi connectivity index (χ2n) is 4.62. The first-order valence-electron chi connectivity index (χ1n) is 6.10. The van der Waals surface area contributed by atoms with Crippen molar-refractivity contribution < 1.29 is 9.59 Å². The molecule has 0 aliphatic rings. The minimum absolute atomic E-state index is 0.0261. The summed E-state index contributed by atoms with van der Waals surface area (Å²) in [5, 5.41) is 9.27. The maximum atomic E-state index is 11.6. The Morgan fingerprint density at radius 1 is 1.33 bits per heavy atom. The van der Waals surface area contributed by atoms with E-state index in [2.05, 4.69) is 24.5 Å². The lowest BCUT2D eigenvalue weighted by Crippen LogP contribution is -2.38. The zero-order valence-electron chi connectivity index (χ0n) is 11.0. The Morgan fingerprint density at radius 2 is 2.06 bits per heavy atom. The van der Waals surface area contributed by atoms with Crippen molar-refractivity contribution in [3.05, 3.63) is 22.4 Å². The van der Waals surface area contributed by atoms with E-state index >= 15 is 0 Å². The summed E-state index contributed by atoms with van der Waals surface area (Å²) in [6.45, 7) is 6.46. The van der Waals surface area contributed by atoms with Crippen molar-refractivity contribution in [3.8, 4) is 0 Å². The molecule has 1 atom stereocenters. The molecule has 0 spiro atoms. The summed E-state index contributed by atoms with van der Waals surface area (Å²) >= 11 is 1.48. The van der Waals surface area contributed by atoms with Gasteiger partial charge < -0.3 is 10.6 Å². The molecule has 1 aromatic heterocycles. The standard InChI is InChI=1S/C13H20N2O2S/c1-9(2)10(3)15-12(16)4-6-14-13(17)11-5-7-18-8-11/h5,7-10H,4,6H2,1-3H3,(H,14,17)(H,15,16). The van der Waals surface area contributed by atoms with Crippen LogP contribution in [0.4, 0.5) is 0 Å². The molecule has 0 saturated carbocycles. The van der Waals surface area contributed by atoms with Gasteiger partial charge in [0.25, 0.3) is 5.91 Å². The van der Waals surface area contributed by atoms with Crippen molar-refractivity contribution in [2.75, 3.05) is 6.54 Å². The van der Waals surface area contributed by atoms with Crippen LogP contribution in [0.15, 0.2) is 16.8 Å². The molecule has 5 heteroatoms. The Hall–Kier alpha value is -1.36. The number of amides is 2. The molecule has 0 aliphatic carbocycles. The predicted octanol–water partition coefficient (Wildman–Crippen LogP) is 2.03. The van der Waals surface area contributed by atoms with E-state index in [1.165, 1.54) is 11.3 Å². The van der Waals surface area contributed by atoms with E-state index in [0.717, 1.165) is 0 Å². The topological polar surface area (TPSA) is 58.2 Å². The molecule has 18 heavy (non-hydrogen) atoms. The lowest BCUT2D eigenvalue weighted by Gasteiger charge is -2.17. The largest absolute Gasteiger partial charge is 0.353 e. The monoisotopic (exact) mass is 268 g/mol. The molecule has 1 heterocycles. The lowest BCUT2D eigenvalue weighted by atomic mass is 10.1. The Kier molecular flexibility index (Phi) is 5.85. The van der Waals surface area contributed by atoms with Crippen molar-refractivity contribution in [1.82, 2.24) is 10.6 Å². The van der Waals surface area contributed by atoms with Crippen molar-refractivity contribution in [2.45, 2.75) is 33.2 Å². The Balaban J connectivity index is 2.22. The number of rotatable bonds is 6. The first-order valence-corrected chi connectivity index (χ1v) is 7.04. The third kappa shape index (κ3) is 4.87. The average molecular weight is 268 g/mol. The first-order chi connectivity index (χ1) is 8.50. The van der Waals surface area contributed by atoms with Gasteiger partial charge in [-0.2, -0.15) is 11.3 Å². The third-order valence-electron chi connectivity index (χ3n) is 2.81. The molecule has 0 radical (unpaired) electrons. The zero-order chi connectivity index (χ0) is 13.5. The SMILES string of the molecule is CC(C)C(C)NC(=O)CCNC(=O)c1ccsc1. The van der Waals surface area contributed by atoms with Gasteiger partial charge in [-0.05, 0) is 24.3 Å². The van der Waals surface area contributed by atoms with Gasteiger partial charge in [0.1, 0.15) is 0 Å². The van der Waals surface area contributed by atoms with E-state index in [1.54, 1.807) is 11.4 Å². The van der Waals surface area contributed by atoms with Crippen molar-refractivity contribution in [3.63, 3.8) is 0 Å². The number of hydrogen-bond acceptors (Lipinski definition) is 3. The molecule has 2 amide bonds. The molecule has 0 saturated heterocycles. The maximum Gasteiger partial charge on any atom is 0.252 e. The van der Waals surface area contributed by atoms with E-state index in [9.17, 15) is 9.59 Å². The molecule has 1 aromatic rings. The van der Waals surface area contributed by atoms with Gasteiger partial charge in [0.15, 0.2) is 0 Å². The van der Waals surface area contributed by atoms with Crippen LogP contribution in [0.25, 0.3) is 0 Å². The third-order valence-corrected chi connectivity index (χ3v) is 3.49. The summed E-state index contributed by atoms with van der Waals surface area (Å²) in [6, 6.07) is 1.92. The Labute approximate surface area is 112 Å². The van der Waals surface area contributed by atoms with Gasteiger partial charge >= 0.3 is 0 Å². The van der Waals surface area contributed by atoms with E-state index in [4.69, 9.17) is 0 Å². The van der Waals surface area contributed by atoms with E-state index in [0.29, 0.717) is 24.4 Å². The molecular formula is C13H20N2O2S. The van der Waals surface area contributed by atoms with Gasteiger partial charge in [0.2, 0.25) is 5.91 Å². The minimum Gasteiger partial charge on any atom is -0.353 e. The molecular weight excluding hydrogens is 248 g/mol. The van der Waals surface area contributed by atoms with Crippen LogP contribution in [0.3, 0.4) is 0 Å². The molecule has 4 nitrogen and oxygen atoms in total. The minimum atomic E-state index is -0.124. The second kappa shape index (κ2) is 7.16. The smallest absolute Gasteiger partial charge is 0.252 e. The fourth-order valence-corrected chi connectivity index (χ4v) is 1.91. The van der Waals surface area contributed by atoms with Gasteiger partial charge in [0, 0.05) is 30.0 Å². The van der Waals surface area contributed by atoms with Crippen molar-refractivity contribution >= 4 is 23.2 Å². The first kappa shape index (κ1) is 14.7. The molecule has 0 aliphatic heterocycles. The predicted molar refractivity (Wildman–Crippen MR) is 73.7 cm³/mol. The highest BCUT2D eigenvalue weighted by atomic mass is 32.1. The summed E-state index contributed by atoms with van der Waals surface area (Å²) in [5.41, 5.74) is 0.649. The number of carbonyl (C=O) groups is 2. The zero-order valence-corrected chi connectivity index (χ0v) is 11.8. The van der Waals surface area contributed by atoms with Gasteiger partial charge in [0.05, 0.1) is 0 Å². The molecule has 1 unspecified atom stereocenters. The van der Waals surface area contributed by atoms with Gasteiger partial charge in [-0.25, -0.2) is 0 Å². The summed E-state index contributed by atoms with van der Waals surface area (Å²) in [5.74, 6) is 0.261. The lowest BCUT2D eigenvalue weighted by molar-refractivity contribution is -0.121. The van der Waals surface area contributed by atoms with Crippen LogP contribution in [0, 0.1) is 5.92 Å². The summed E-state index contributed by atoms with van der Waals surface area (Å²) in [4.78, 5) is 23.1. The quantitative estimate of drug-likeness (QED) is 0.829. The van der Waals surface area contributed by atoms with Crippen LogP contribution >= 0.6 is 11.3 Å². The molecule has 0 bridgehead atoms. The van der Waals surface area contributed by atoms with Crippen LogP contribution in [0.2, 0.25) is 0 Å². The molecule has 0 fully saturated rings. The molecule has 0 aromatic carbocycles. The van der Waals surface area contributed by atoms with Crippen LogP contribution in [-0.2, 0) is 4.79 Å². The fourth-order valence-electron chi connectivity index (χ4n) is 1.28. The molecule has 2 N–H and O–H groups in total. The van der Waals surface area contributed by atoms with E-state index in [-0.39, 0.29) is 17.9 Å². The summed E-state index contributed by atoms with van der Waals surface area (Å²) in [7, 11) is 0.